The molecule has 0 unspecified atom stereocenters. The van der Waals surface area contributed by atoms with Crippen LogP contribution in [0.25, 0.3) is 22.4 Å². The number of nitrogens with one attached hydrogen (secondary N) is 3. The van der Waals surface area contributed by atoms with Gasteiger partial charge in [-0.25, -0.2) is 23.7 Å². The van der Waals surface area contributed by atoms with Gasteiger partial charge in [-0.15, -0.1) is 11.8 Å². The first-order valence-corrected chi connectivity index (χ1v) is 11.4. The normalized spacial score (nSPS) is 13.8. The van der Waals surface area contributed by atoms with Crippen molar-refractivity contribution < 1.29 is 13.6 Å². The number of amides is 1. The molecule has 4 aromatic rings. The largest absolute Gasteiger partial charge is 0.353 e. The second-order valence-corrected chi connectivity index (χ2v) is 8.51. The van der Waals surface area contributed by atoms with E-state index in [1.54, 1.807) is 24.2 Å². The Kier molecular flexibility index (Phi) is 6.32. The van der Waals surface area contributed by atoms with E-state index in [1.165, 1.54) is 0 Å². The van der Waals surface area contributed by atoms with Crippen molar-refractivity contribution >= 4 is 46.5 Å². The minimum atomic E-state index is -2.25. The van der Waals surface area contributed by atoms with Gasteiger partial charge in [0, 0.05) is 42.6 Å². The molecule has 1 aromatic carbocycles. The highest BCUT2D eigenvalue weighted by molar-refractivity contribution is 7.98. The number of nitrogens with zero attached hydrogens (tertiary/aromatic N) is 4. The Balaban J connectivity index is 0.000000459. The fraction of sp³-hybridized carbons (Fsp3) is 0.273. The van der Waals surface area contributed by atoms with Gasteiger partial charge >= 0.3 is 0 Å². The minimum absolute atomic E-state index is 0.118. The number of fused-ring (bicyclic) bond motifs is 1. The number of hydrogen-bond donors (Lipinski definition) is 3. The highest BCUT2D eigenvalue weighted by Crippen LogP contribution is 2.40. The zero-order valence-corrected chi connectivity index (χ0v) is 19.1. The molecule has 3 heterocycles. The summed E-state index contributed by atoms with van der Waals surface area (Å²) in [6, 6.07) is 7.95. The van der Waals surface area contributed by atoms with Crippen LogP contribution in [0, 0.1) is 6.92 Å². The average Bonchev–Trinajstić information content (AvgIpc) is 3.12. The first-order chi connectivity index (χ1) is 15.8. The van der Waals surface area contributed by atoms with Crippen molar-refractivity contribution in [1.29, 1.82) is 0 Å². The number of halogens is 2. The van der Waals surface area contributed by atoms with Crippen LogP contribution in [0.5, 0.6) is 0 Å². The number of hydrogen-bond acceptors (Lipinski definition) is 6. The molecular formula is C22H23F2N7OS. The maximum Gasteiger partial charge on any atom is 0.248 e. The van der Waals surface area contributed by atoms with E-state index < -0.39 is 5.92 Å². The molecule has 0 bridgehead atoms. The van der Waals surface area contributed by atoms with Crippen LogP contribution in [0.4, 0.5) is 26.0 Å². The minimum Gasteiger partial charge on any atom is -0.353 e. The van der Waals surface area contributed by atoms with Crippen molar-refractivity contribution in [3.63, 3.8) is 0 Å². The van der Waals surface area contributed by atoms with Gasteiger partial charge in [-0.3, -0.25) is 4.79 Å². The molecule has 1 aliphatic carbocycles. The number of imidazole rings is 2. The molecular weight excluding hydrogens is 448 g/mol. The predicted molar refractivity (Wildman–Crippen MR) is 126 cm³/mol. The Morgan fingerprint density at radius 3 is 2.58 bits per heavy atom. The fourth-order valence-electron chi connectivity index (χ4n) is 3.09. The summed E-state index contributed by atoms with van der Waals surface area (Å²) >= 11 is 1.65. The molecule has 0 spiro atoms. The Labute approximate surface area is 193 Å². The summed E-state index contributed by atoms with van der Waals surface area (Å²) < 4.78 is 24.2. The van der Waals surface area contributed by atoms with Crippen LogP contribution < -0.4 is 10.6 Å². The third kappa shape index (κ3) is 5.48. The smallest absolute Gasteiger partial charge is 0.248 e. The molecule has 0 aliphatic heterocycles. The number of benzene rings is 1. The van der Waals surface area contributed by atoms with Gasteiger partial charge in [0.1, 0.15) is 17.2 Å². The van der Waals surface area contributed by atoms with Crippen LogP contribution in [0.2, 0.25) is 0 Å². The number of aromatic amines is 1. The number of aryl methyl sites for hydroxylation is 2. The van der Waals surface area contributed by atoms with Gasteiger partial charge in [-0.1, -0.05) is 6.07 Å². The number of carbonyl (C=O) groups is 1. The number of anilines is 3. The van der Waals surface area contributed by atoms with Crippen molar-refractivity contribution in [2.75, 3.05) is 16.9 Å². The van der Waals surface area contributed by atoms with Crippen LogP contribution in [0.15, 0.2) is 41.7 Å². The van der Waals surface area contributed by atoms with E-state index in [1.807, 2.05) is 43.1 Å². The molecule has 172 valence electrons. The number of rotatable bonds is 6. The lowest BCUT2D eigenvalue weighted by Gasteiger charge is -2.13. The number of carbonyl (C=O) groups excluding carboxylic acids is 1. The van der Waals surface area contributed by atoms with Crippen LogP contribution in [-0.2, 0) is 11.8 Å². The van der Waals surface area contributed by atoms with E-state index in [-0.39, 0.29) is 12.8 Å². The molecule has 33 heavy (non-hydrogen) atoms. The van der Waals surface area contributed by atoms with Gasteiger partial charge in [-0.2, -0.15) is 0 Å². The second-order valence-electron chi connectivity index (χ2n) is 7.66. The SMILES string of the molecule is CSc1cc(-c2cn(C)cn2)ccc1Nc1cc(NC=O)nc2nc(C)[nH]c12.FC1(F)CC1. The average molecular weight is 472 g/mol. The molecule has 0 saturated heterocycles. The zero-order valence-electron chi connectivity index (χ0n) is 18.3. The Morgan fingerprint density at radius 1 is 1.21 bits per heavy atom. The Bertz CT molecular complexity index is 1300. The first kappa shape index (κ1) is 22.7. The van der Waals surface area contributed by atoms with Crippen molar-refractivity contribution in [3.05, 3.63) is 42.6 Å². The van der Waals surface area contributed by atoms with E-state index in [0.717, 1.165) is 38.9 Å². The van der Waals surface area contributed by atoms with Crippen LogP contribution >= 0.6 is 11.8 Å². The van der Waals surface area contributed by atoms with E-state index in [4.69, 9.17) is 0 Å². The van der Waals surface area contributed by atoms with Crippen molar-refractivity contribution in [2.45, 2.75) is 30.6 Å². The molecule has 0 atom stereocenters. The van der Waals surface area contributed by atoms with Crippen LogP contribution in [0.3, 0.4) is 0 Å². The second kappa shape index (κ2) is 9.18. The lowest BCUT2D eigenvalue weighted by atomic mass is 10.1. The number of thioether (sulfide) groups is 1. The Hall–Kier alpha value is -3.47. The molecule has 5 rings (SSSR count). The summed E-state index contributed by atoms with van der Waals surface area (Å²) in [5.41, 5.74) is 5.05. The zero-order chi connectivity index (χ0) is 23.6. The molecule has 11 heteroatoms. The molecule has 1 fully saturated rings. The fourth-order valence-corrected chi connectivity index (χ4v) is 3.68. The quantitative estimate of drug-likeness (QED) is 0.267. The molecule has 0 radical (unpaired) electrons. The summed E-state index contributed by atoms with van der Waals surface area (Å²) in [5, 5.41) is 6.04. The number of H-pyrrole nitrogens is 1. The van der Waals surface area contributed by atoms with Gasteiger partial charge in [-0.05, 0) is 25.3 Å². The topological polar surface area (TPSA) is 101 Å². The van der Waals surface area contributed by atoms with E-state index in [9.17, 15) is 13.6 Å². The van der Waals surface area contributed by atoms with Gasteiger partial charge in [0.15, 0.2) is 5.65 Å². The number of alkyl halides is 2. The van der Waals surface area contributed by atoms with Gasteiger partial charge in [0.05, 0.1) is 23.4 Å². The summed E-state index contributed by atoms with van der Waals surface area (Å²) in [5.74, 6) is -1.06. The highest BCUT2D eigenvalue weighted by Gasteiger charge is 2.43. The van der Waals surface area contributed by atoms with Crippen molar-refractivity contribution in [3.8, 4) is 11.3 Å². The molecule has 1 amide bonds. The molecule has 8 nitrogen and oxygen atoms in total. The lowest BCUT2D eigenvalue weighted by molar-refractivity contribution is -0.105. The van der Waals surface area contributed by atoms with E-state index >= 15 is 0 Å². The van der Waals surface area contributed by atoms with E-state index in [0.29, 0.717) is 17.9 Å². The monoisotopic (exact) mass is 471 g/mol. The highest BCUT2D eigenvalue weighted by atomic mass is 32.2. The molecule has 1 aliphatic rings. The standard InChI is InChI=1S/C19H19N7OS.C3H4F2/c1-11-22-18-14(7-17(21-10-27)25-19(18)23-11)24-13-5-4-12(6-16(13)28-3)15-8-26(2)9-20-15;4-3(5)1-2-3/h4-10H,1-3H3,(H3,21,22,23,24,25,27);1-2H2. The molecule has 3 N–H and O–H groups in total. The molecule has 1 saturated carbocycles. The third-order valence-corrected chi connectivity index (χ3v) is 5.66. The summed E-state index contributed by atoms with van der Waals surface area (Å²) in [6.07, 6.45) is 6.65. The lowest BCUT2D eigenvalue weighted by Crippen LogP contribution is -2.00. The van der Waals surface area contributed by atoms with Crippen molar-refractivity contribution in [2.24, 2.45) is 7.05 Å². The molecule has 3 aromatic heterocycles. The maximum atomic E-state index is 11.1. The Morgan fingerprint density at radius 2 is 1.97 bits per heavy atom. The van der Waals surface area contributed by atoms with Crippen LogP contribution in [-0.4, -0.2) is 43.1 Å². The maximum absolute atomic E-state index is 11.1. The summed E-state index contributed by atoms with van der Waals surface area (Å²) in [6.45, 7) is 1.87. The summed E-state index contributed by atoms with van der Waals surface area (Å²) in [4.78, 5) is 28.3. The number of aromatic nitrogens is 5. The van der Waals surface area contributed by atoms with Gasteiger partial charge in [0.25, 0.3) is 0 Å². The predicted octanol–water partition coefficient (Wildman–Crippen LogP) is 5.12. The van der Waals surface area contributed by atoms with Gasteiger partial charge < -0.3 is 20.2 Å². The third-order valence-electron chi connectivity index (χ3n) is 4.89. The van der Waals surface area contributed by atoms with Crippen LogP contribution in [0.1, 0.15) is 18.7 Å². The summed E-state index contributed by atoms with van der Waals surface area (Å²) in [7, 11) is 1.95. The number of pyridine rings is 1. The first-order valence-electron chi connectivity index (χ1n) is 10.2. The van der Waals surface area contributed by atoms with Crippen molar-refractivity contribution in [1.82, 2.24) is 24.5 Å². The van der Waals surface area contributed by atoms with E-state index in [2.05, 4.69) is 36.6 Å². The van der Waals surface area contributed by atoms with Gasteiger partial charge in [0.2, 0.25) is 12.3 Å².